The average molecular weight is 393 g/mol. The first-order chi connectivity index (χ1) is 14.0. The van der Waals surface area contributed by atoms with Crippen molar-refractivity contribution >= 4 is 11.4 Å². The summed E-state index contributed by atoms with van der Waals surface area (Å²) in [4.78, 5) is 14.9. The largest absolute Gasteiger partial charge is 0.497 e. The van der Waals surface area contributed by atoms with Gasteiger partial charge in [-0.25, -0.2) is 4.98 Å². The lowest BCUT2D eigenvalue weighted by Gasteiger charge is -2.22. The Morgan fingerprint density at radius 3 is 2.41 bits per heavy atom. The number of rotatable bonds is 7. The van der Waals surface area contributed by atoms with Gasteiger partial charge in [0.2, 0.25) is 0 Å². The lowest BCUT2D eigenvalue weighted by molar-refractivity contribution is -0.384. The molecule has 1 aromatic heterocycles. The molecule has 0 saturated carbocycles. The zero-order valence-electron chi connectivity index (χ0n) is 16.1. The third-order valence-corrected chi connectivity index (χ3v) is 4.46. The van der Waals surface area contributed by atoms with Gasteiger partial charge in [0, 0.05) is 37.6 Å². The van der Waals surface area contributed by atoms with Crippen LogP contribution in [0, 0.1) is 21.4 Å². The molecule has 1 N–H and O–H groups in total. The minimum atomic E-state index is -0.534. The molecule has 1 atom stereocenters. The lowest BCUT2D eigenvalue weighted by Crippen LogP contribution is -2.17. The Balaban J connectivity index is 2.11. The molecule has 3 aromatic rings. The van der Waals surface area contributed by atoms with E-state index in [1.165, 1.54) is 18.2 Å². The van der Waals surface area contributed by atoms with Gasteiger partial charge in [-0.15, -0.1) is 0 Å². The maximum atomic E-state index is 11.0. The second kappa shape index (κ2) is 8.31. The quantitative estimate of drug-likeness (QED) is 0.483. The topological polar surface area (TPSA) is 115 Å². The standard InChI is InChI=1S/C20H19N5O4/c1-24-7-6-22-20(24)19(13-9-16(28-2)11-17(10-13)29-3)23-18-5-4-15(25(26)27)8-14(18)12-21/h4-11,19,23H,1-3H3/t19-/m1/s1. The van der Waals surface area contributed by atoms with E-state index in [0.717, 1.165) is 5.56 Å². The smallest absolute Gasteiger partial charge is 0.270 e. The van der Waals surface area contributed by atoms with Crippen molar-refractivity contribution in [3.63, 3.8) is 0 Å². The van der Waals surface area contributed by atoms with E-state index < -0.39 is 11.0 Å². The maximum Gasteiger partial charge on any atom is 0.270 e. The van der Waals surface area contributed by atoms with Crippen LogP contribution in [0.3, 0.4) is 0 Å². The zero-order valence-corrected chi connectivity index (χ0v) is 16.1. The highest BCUT2D eigenvalue weighted by Crippen LogP contribution is 2.33. The van der Waals surface area contributed by atoms with Gasteiger partial charge >= 0.3 is 0 Å². The molecular weight excluding hydrogens is 374 g/mol. The van der Waals surface area contributed by atoms with E-state index in [0.29, 0.717) is 23.0 Å². The normalized spacial score (nSPS) is 11.4. The predicted molar refractivity (Wildman–Crippen MR) is 106 cm³/mol. The molecule has 0 saturated heterocycles. The molecule has 0 unspecified atom stereocenters. The highest BCUT2D eigenvalue weighted by atomic mass is 16.6. The number of imidazole rings is 1. The van der Waals surface area contributed by atoms with Gasteiger partial charge < -0.3 is 19.4 Å². The van der Waals surface area contributed by atoms with Gasteiger partial charge in [-0.1, -0.05) is 0 Å². The summed E-state index contributed by atoms with van der Waals surface area (Å²) in [7, 11) is 4.98. The van der Waals surface area contributed by atoms with Crippen molar-refractivity contribution in [3.05, 3.63) is 75.9 Å². The fraction of sp³-hybridized carbons (Fsp3) is 0.200. The van der Waals surface area contributed by atoms with Crippen LogP contribution in [0.5, 0.6) is 11.5 Å². The molecule has 29 heavy (non-hydrogen) atoms. The summed E-state index contributed by atoms with van der Waals surface area (Å²) >= 11 is 0. The van der Waals surface area contributed by atoms with Crippen LogP contribution in [0.4, 0.5) is 11.4 Å². The monoisotopic (exact) mass is 393 g/mol. The molecule has 0 aliphatic carbocycles. The van der Waals surface area contributed by atoms with Crippen LogP contribution < -0.4 is 14.8 Å². The number of nitrogens with zero attached hydrogens (tertiary/aromatic N) is 4. The van der Waals surface area contributed by atoms with E-state index in [1.807, 2.05) is 36.0 Å². The van der Waals surface area contributed by atoms with Crippen molar-refractivity contribution < 1.29 is 14.4 Å². The SMILES string of the molecule is COc1cc(OC)cc([C@@H](Nc2ccc([N+](=O)[O-])cc2C#N)c2nccn2C)c1. The molecule has 9 heteroatoms. The van der Waals surface area contributed by atoms with Crippen molar-refractivity contribution in [2.45, 2.75) is 6.04 Å². The molecule has 1 heterocycles. The fourth-order valence-electron chi connectivity index (χ4n) is 2.97. The van der Waals surface area contributed by atoms with Crippen molar-refractivity contribution in [3.8, 4) is 17.6 Å². The number of methoxy groups -OCH3 is 2. The molecule has 2 aromatic carbocycles. The van der Waals surface area contributed by atoms with Crippen LogP contribution in [0.15, 0.2) is 48.8 Å². The summed E-state index contributed by atoms with van der Waals surface area (Å²) in [6.45, 7) is 0. The van der Waals surface area contributed by atoms with Gasteiger partial charge in [0.15, 0.2) is 0 Å². The number of benzene rings is 2. The van der Waals surface area contributed by atoms with Crippen molar-refractivity contribution in [1.82, 2.24) is 9.55 Å². The van der Waals surface area contributed by atoms with Crippen LogP contribution in [-0.4, -0.2) is 28.7 Å². The van der Waals surface area contributed by atoms with Gasteiger partial charge in [0.1, 0.15) is 29.4 Å². The molecule has 0 bridgehead atoms. The van der Waals surface area contributed by atoms with Crippen LogP contribution in [0.25, 0.3) is 0 Å². The Morgan fingerprint density at radius 1 is 1.21 bits per heavy atom. The first-order valence-electron chi connectivity index (χ1n) is 8.62. The summed E-state index contributed by atoms with van der Waals surface area (Å²) in [5.74, 6) is 1.89. The second-order valence-corrected chi connectivity index (χ2v) is 6.22. The minimum Gasteiger partial charge on any atom is -0.497 e. The van der Waals surface area contributed by atoms with Crippen molar-refractivity contribution in [2.24, 2.45) is 7.05 Å². The Hall–Kier alpha value is -4.06. The van der Waals surface area contributed by atoms with Gasteiger partial charge in [0.25, 0.3) is 5.69 Å². The predicted octanol–water partition coefficient (Wildman–Crippen LogP) is 3.42. The highest BCUT2D eigenvalue weighted by molar-refractivity contribution is 5.63. The molecule has 0 aliphatic heterocycles. The Labute approximate surface area is 167 Å². The molecule has 148 valence electrons. The number of non-ortho nitro benzene ring substituents is 1. The molecule has 0 aliphatic rings. The summed E-state index contributed by atoms with van der Waals surface area (Å²) in [5, 5.41) is 23.8. The van der Waals surface area contributed by atoms with E-state index in [4.69, 9.17) is 9.47 Å². The van der Waals surface area contributed by atoms with E-state index in [9.17, 15) is 15.4 Å². The number of nitriles is 1. The number of nitrogens with one attached hydrogen (secondary N) is 1. The van der Waals surface area contributed by atoms with Crippen LogP contribution >= 0.6 is 0 Å². The Bertz CT molecular complexity index is 1060. The fourth-order valence-corrected chi connectivity index (χ4v) is 2.97. The van der Waals surface area contributed by atoms with Crippen LogP contribution in [-0.2, 0) is 7.05 Å². The number of ether oxygens (including phenoxy) is 2. The molecule has 0 radical (unpaired) electrons. The summed E-state index contributed by atoms with van der Waals surface area (Å²) in [6, 6.07) is 11.1. The van der Waals surface area contributed by atoms with E-state index in [2.05, 4.69) is 10.3 Å². The van der Waals surface area contributed by atoms with Crippen molar-refractivity contribution in [2.75, 3.05) is 19.5 Å². The third-order valence-electron chi connectivity index (χ3n) is 4.46. The van der Waals surface area contributed by atoms with E-state index in [1.54, 1.807) is 26.5 Å². The number of anilines is 1. The number of nitro benzene ring substituents is 1. The molecule has 3 rings (SSSR count). The van der Waals surface area contributed by atoms with E-state index in [-0.39, 0.29) is 11.3 Å². The maximum absolute atomic E-state index is 11.0. The molecule has 0 spiro atoms. The number of aryl methyl sites for hydroxylation is 1. The molecule has 0 amide bonds. The molecule has 9 nitrogen and oxygen atoms in total. The van der Waals surface area contributed by atoms with Gasteiger partial charge in [-0.2, -0.15) is 5.26 Å². The van der Waals surface area contributed by atoms with Crippen LogP contribution in [0.1, 0.15) is 23.0 Å². The summed E-state index contributed by atoms with van der Waals surface area (Å²) in [6.07, 6.45) is 3.48. The number of hydrogen-bond donors (Lipinski definition) is 1. The summed E-state index contributed by atoms with van der Waals surface area (Å²) < 4.78 is 12.6. The first kappa shape index (κ1) is 19.7. The average Bonchev–Trinajstić information content (AvgIpc) is 3.16. The highest BCUT2D eigenvalue weighted by Gasteiger charge is 2.22. The molecular formula is C20H19N5O4. The molecule has 0 fully saturated rings. The summed E-state index contributed by atoms with van der Waals surface area (Å²) in [5.41, 5.74) is 1.25. The lowest BCUT2D eigenvalue weighted by atomic mass is 10.0. The second-order valence-electron chi connectivity index (χ2n) is 6.22. The number of hydrogen-bond acceptors (Lipinski definition) is 7. The minimum absolute atomic E-state index is 0.149. The Morgan fingerprint density at radius 2 is 1.90 bits per heavy atom. The van der Waals surface area contributed by atoms with Crippen LogP contribution in [0.2, 0.25) is 0 Å². The third kappa shape index (κ3) is 4.11. The first-order valence-corrected chi connectivity index (χ1v) is 8.62. The number of nitro groups is 1. The van der Waals surface area contributed by atoms with Gasteiger partial charge in [-0.05, 0) is 23.8 Å². The number of aromatic nitrogens is 2. The Kier molecular flexibility index (Phi) is 5.64. The van der Waals surface area contributed by atoms with E-state index >= 15 is 0 Å². The zero-order chi connectivity index (χ0) is 21.0. The van der Waals surface area contributed by atoms with Gasteiger partial charge in [-0.3, -0.25) is 10.1 Å². The van der Waals surface area contributed by atoms with Crippen molar-refractivity contribution in [1.29, 1.82) is 5.26 Å². The van der Waals surface area contributed by atoms with Gasteiger partial charge in [0.05, 0.1) is 30.4 Å².